The van der Waals surface area contributed by atoms with Gasteiger partial charge in [0.25, 0.3) is 0 Å². The monoisotopic (exact) mass is 264 g/mol. The third kappa shape index (κ3) is 3.73. The molecule has 0 atom stereocenters. The molecule has 0 saturated carbocycles. The van der Waals surface area contributed by atoms with E-state index >= 15 is 0 Å². The maximum absolute atomic E-state index is 10.6. The van der Waals surface area contributed by atoms with E-state index in [1.807, 2.05) is 6.92 Å². The number of benzene rings is 1. The Morgan fingerprint density at radius 2 is 2.36 bits per heavy atom. The van der Waals surface area contributed by atoms with Crippen LogP contribution in [0.4, 0.5) is 0 Å². The fourth-order valence-electron chi connectivity index (χ4n) is 0.918. The van der Waals surface area contributed by atoms with E-state index < -0.39 is 0 Å². The number of aldehydes is 1. The van der Waals surface area contributed by atoms with Gasteiger partial charge in [0.2, 0.25) is 0 Å². The van der Waals surface area contributed by atoms with Gasteiger partial charge < -0.3 is 9.53 Å². The van der Waals surface area contributed by atoms with Crippen LogP contribution in [0.2, 0.25) is 0 Å². The zero-order valence-electron chi connectivity index (χ0n) is 8.12. The summed E-state index contributed by atoms with van der Waals surface area (Å²) in [5.74, 6) is 0.576. The summed E-state index contributed by atoms with van der Waals surface area (Å²) in [5.41, 5.74) is 1.54. The van der Waals surface area contributed by atoms with Crippen LogP contribution >= 0.6 is 0 Å². The van der Waals surface area contributed by atoms with Crippen LogP contribution in [-0.4, -0.2) is 12.9 Å². The maximum atomic E-state index is 10.6. The molecule has 0 amide bonds. The van der Waals surface area contributed by atoms with Gasteiger partial charge in [0, 0.05) is 38.5 Å². The van der Waals surface area contributed by atoms with Crippen LogP contribution in [0.3, 0.4) is 0 Å². The van der Waals surface area contributed by atoms with Crippen molar-refractivity contribution in [2.75, 3.05) is 6.61 Å². The van der Waals surface area contributed by atoms with Gasteiger partial charge in [0.1, 0.15) is 12.9 Å². The third-order valence-corrected chi connectivity index (χ3v) is 1.66. The van der Waals surface area contributed by atoms with E-state index in [1.54, 1.807) is 18.2 Å². The molecule has 0 aliphatic carbocycles. The Labute approximate surface area is 109 Å². The molecule has 0 heterocycles. The van der Waals surface area contributed by atoms with Crippen LogP contribution < -0.4 is 4.74 Å². The fourth-order valence-corrected chi connectivity index (χ4v) is 0.918. The Bertz CT molecular complexity index is 321. The molecule has 1 aromatic carbocycles. The molecular weight excluding hydrogens is 253 g/mol. The van der Waals surface area contributed by atoms with Crippen molar-refractivity contribution in [1.29, 1.82) is 0 Å². The molecular formula is C11H11O2Y-. The van der Waals surface area contributed by atoms with Crippen molar-refractivity contribution in [3.05, 3.63) is 42.0 Å². The van der Waals surface area contributed by atoms with E-state index in [0.29, 0.717) is 17.9 Å². The number of aryl methyl sites for hydroxylation is 1. The normalized spacial score (nSPS) is 8.64. The fraction of sp³-hybridized carbons (Fsp3) is 0.182. The van der Waals surface area contributed by atoms with Gasteiger partial charge >= 0.3 is 0 Å². The molecule has 0 aliphatic rings. The van der Waals surface area contributed by atoms with Crippen LogP contribution in [0.15, 0.2) is 24.8 Å². The predicted octanol–water partition coefficient (Wildman–Crippen LogP) is 2.17. The summed E-state index contributed by atoms with van der Waals surface area (Å²) < 4.78 is 5.22. The largest absolute Gasteiger partial charge is 0.515 e. The van der Waals surface area contributed by atoms with Crippen molar-refractivity contribution < 1.29 is 42.2 Å². The second-order valence-electron chi connectivity index (χ2n) is 2.65. The molecule has 1 aromatic rings. The molecule has 0 bridgehead atoms. The first-order chi connectivity index (χ1) is 6.27. The van der Waals surface area contributed by atoms with Gasteiger partial charge in [0.05, 0.1) is 0 Å². The molecule has 71 valence electrons. The van der Waals surface area contributed by atoms with E-state index in [9.17, 15) is 4.79 Å². The number of carbonyl (C=O) groups is 1. The van der Waals surface area contributed by atoms with Crippen molar-refractivity contribution in [2.24, 2.45) is 0 Å². The number of rotatable bonds is 4. The number of hydrogen-bond donors (Lipinski definition) is 0. The summed E-state index contributed by atoms with van der Waals surface area (Å²) in [4.78, 5) is 10.6. The Hall–Kier alpha value is -0.466. The number of carbonyl (C=O) groups excluding carboxylic acids is 1. The Morgan fingerprint density at radius 3 is 2.93 bits per heavy atom. The van der Waals surface area contributed by atoms with Gasteiger partial charge in [-0.1, -0.05) is 25.1 Å². The molecule has 0 aliphatic heterocycles. The molecule has 0 saturated heterocycles. The van der Waals surface area contributed by atoms with Crippen molar-refractivity contribution in [3.8, 4) is 5.75 Å². The summed E-state index contributed by atoms with van der Waals surface area (Å²) >= 11 is 0. The SMILES string of the molecule is C=CCOc1[c-]cc(C)c(C=O)c1.[Y]. The topological polar surface area (TPSA) is 26.3 Å². The van der Waals surface area contributed by atoms with Crippen LogP contribution in [-0.2, 0) is 32.7 Å². The Balaban J connectivity index is 0.00000169. The summed E-state index contributed by atoms with van der Waals surface area (Å²) in [6, 6.07) is 6.33. The van der Waals surface area contributed by atoms with E-state index in [0.717, 1.165) is 11.8 Å². The summed E-state index contributed by atoms with van der Waals surface area (Å²) in [6.45, 7) is 5.81. The molecule has 3 heteroatoms. The summed E-state index contributed by atoms with van der Waals surface area (Å²) in [7, 11) is 0. The van der Waals surface area contributed by atoms with Crippen molar-refractivity contribution in [2.45, 2.75) is 6.92 Å². The first-order valence-corrected chi connectivity index (χ1v) is 3.99. The van der Waals surface area contributed by atoms with Gasteiger partial charge in [-0.15, -0.1) is 17.7 Å². The molecule has 1 radical (unpaired) electrons. The maximum Gasteiger partial charge on any atom is 0.126 e. The standard InChI is InChI=1S/C11H11O2.Y/c1-3-6-13-11-5-4-9(2)10(7-11)8-12;/h3-4,7-8H,1,6H2,2H3;/q-1;. The average molecular weight is 264 g/mol. The second kappa shape index (κ2) is 6.91. The van der Waals surface area contributed by atoms with E-state index in [1.165, 1.54) is 0 Å². The second-order valence-corrected chi connectivity index (χ2v) is 2.65. The van der Waals surface area contributed by atoms with Gasteiger partial charge in [-0.2, -0.15) is 6.07 Å². The zero-order valence-corrected chi connectivity index (χ0v) is 11.0. The number of ether oxygens (including phenoxy) is 1. The Kier molecular flexibility index (Phi) is 6.68. The van der Waals surface area contributed by atoms with E-state index in [4.69, 9.17) is 4.74 Å². The van der Waals surface area contributed by atoms with Gasteiger partial charge in [0.15, 0.2) is 0 Å². The molecule has 0 spiro atoms. The van der Waals surface area contributed by atoms with Gasteiger partial charge in [-0.25, -0.2) is 0 Å². The Morgan fingerprint density at radius 1 is 1.64 bits per heavy atom. The van der Waals surface area contributed by atoms with E-state index in [2.05, 4.69) is 12.6 Å². The first-order valence-electron chi connectivity index (χ1n) is 3.99. The summed E-state index contributed by atoms with van der Waals surface area (Å²) in [5, 5.41) is 0. The third-order valence-electron chi connectivity index (χ3n) is 1.66. The predicted molar refractivity (Wildman–Crippen MR) is 51.1 cm³/mol. The van der Waals surface area contributed by atoms with Crippen molar-refractivity contribution in [3.63, 3.8) is 0 Å². The minimum absolute atomic E-state index is 0. The minimum Gasteiger partial charge on any atom is -0.515 e. The van der Waals surface area contributed by atoms with Gasteiger partial charge in [-0.3, -0.25) is 0 Å². The first kappa shape index (κ1) is 13.5. The van der Waals surface area contributed by atoms with Crippen molar-refractivity contribution in [1.82, 2.24) is 0 Å². The van der Waals surface area contributed by atoms with Gasteiger partial charge in [-0.05, 0) is 0 Å². The molecule has 1 rings (SSSR count). The molecule has 2 nitrogen and oxygen atoms in total. The molecule has 0 N–H and O–H groups in total. The average Bonchev–Trinajstić information content (AvgIpc) is 2.16. The molecule has 0 unspecified atom stereocenters. The van der Waals surface area contributed by atoms with Crippen LogP contribution in [0.5, 0.6) is 5.75 Å². The smallest absolute Gasteiger partial charge is 0.126 e. The van der Waals surface area contributed by atoms with Crippen molar-refractivity contribution >= 4 is 6.29 Å². The zero-order chi connectivity index (χ0) is 9.68. The van der Waals surface area contributed by atoms with E-state index in [-0.39, 0.29) is 32.7 Å². The minimum atomic E-state index is 0. The quantitative estimate of drug-likeness (QED) is 0.473. The molecule has 14 heavy (non-hydrogen) atoms. The summed E-state index contributed by atoms with van der Waals surface area (Å²) in [6.07, 6.45) is 2.46. The van der Waals surface area contributed by atoms with Crippen LogP contribution in [0.25, 0.3) is 0 Å². The van der Waals surface area contributed by atoms with Crippen LogP contribution in [0.1, 0.15) is 15.9 Å². The molecule has 0 aromatic heterocycles. The molecule has 0 fully saturated rings. The van der Waals surface area contributed by atoms with Crippen LogP contribution in [0, 0.1) is 13.0 Å². The number of hydrogen-bond acceptors (Lipinski definition) is 2.